The molecule has 3 N–H and O–H groups in total. The molecule has 1 fully saturated rings. The normalized spacial score (nSPS) is 13.9. The zero-order chi connectivity index (χ0) is 28.7. The van der Waals surface area contributed by atoms with Gasteiger partial charge in [0.15, 0.2) is 0 Å². The van der Waals surface area contributed by atoms with E-state index < -0.39 is 24.3 Å². The molecule has 0 atom stereocenters. The fourth-order valence-corrected chi connectivity index (χ4v) is 5.26. The summed E-state index contributed by atoms with van der Waals surface area (Å²) in [6.07, 6.45) is 6.07. The van der Waals surface area contributed by atoms with Crippen LogP contribution in [0, 0.1) is 3.57 Å². The van der Waals surface area contributed by atoms with Crippen LogP contribution in [0.1, 0.15) is 59.5 Å². The Morgan fingerprint density at radius 1 is 0.950 bits per heavy atom. The van der Waals surface area contributed by atoms with E-state index in [1.807, 2.05) is 41.7 Å². The number of rotatable bonds is 9. The molecule has 1 aliphatic rings. The molecule has 7 nitrogen and oxygen atoms in total. The van der Waals surface area contributed by atoms with Crippen molar-refractivity contribution in [2.45, 2.75) is 50.5 Å². The maximum atomic E-state index is 13.5. The second-order valence-electron chi connectivity index (χ2n) is 9.84. The van der Waals surface area contributed by atoms with Gasteiger partial charge in [0.05, 0.1) is 13.1 Å². The second-order valence-corrected chi connectivity index (χ2v) is 11.1. The first-order valence-corrected chi connectivity index (χ1v) is 14.1. The molecule has 0 saturated heterocycles. The van der Waals surface area contributed by atoms with E-state index in [4.69, 9.17) is 5.11 Å². The first-order valence-electron chi connectivity index (χ1n) is 13.0. The Kier molecular flexibility index (Phi) is 9.72. The van der Waals surface area contributed by atoms with Gasteiger partial charge in [-0.15, -0.1) is 0 Å². The molecule has 4 rings (SSSR count). The van der Waals surface area contributed by atoms with Crippen molar-refractivity contribution in [1.29, 1.82) is 0 Å². The van der Waals surface area contributed by atoms with E-state index >= 15 is 0 Å². The number of alkyl halides is 2. The summed E-state index contributed by atoms with van der Waals surface area (Å²) in [6, 6.07) is 21.4. The summed E-state index contributed by atoms with van der Waals surface area (Å²) in [5, 5.41) is 13.4. The predicted octanol–water partition coefficient (Wildman–Crippen LogP) is 7.03. The van der Waals surface area contributed by atoms with Crippen LogP contribution in [-0.2, 0) is 11.3 Å². The van der Waals surface area contributed by atoms with E-state index in [1.54, 1.807) is 17.0 Å². The van der Waals surface area contributed by atoms with Gasteiger partial charge in [0, 0.05) is 20.5 Å². The Balaban J connectivity index is 1.51. The number of carboxylic acid groups (broad SMARTS) is 1. The number of nitrogens with one attached hydrogen (secondary N) is 2. The van der Waals surface area contributed by atoms with E-state index in [1.165, 1.54) is 49.8 Å². The smallest absolute Gasteiger partial charge is 0.376 e. The third-order valence-electron chi connectivity index (χ3n) is 6.94. The van der Waals surface area contributed by atoms with E-state index in [9.17, 15) is 23.2 Å². The molecule has 0 spiro atoms. The number of carboxylic acids is 1. The minimum atomic E-state index is -4.06. The van der Waals surface area contributed by atoms with E-state index in [0.717, 1.165) is 3.57 Å². The minimum absolute atomic E-state index is 0.0941. The topological polar surface area (TPSA) is 98.7 Å². The molecule has 3 amide bonds. The molecule has 1 saturated carbocycles. The van der Waals surface area contributed by atoms with Crippen LogP contribution < -0.4 is 15.5 Å². The van der Waals surface area contributed by atoms with E-state index in [-0.39, 0.29) is 18.1 Å². The molecule has 1 aliphatic carbocycles. The average molecular weight is 661 g/mol. The third kappa shape index (κ3) is 7.77. The van der Waals surface area contributed by atoms with Crippen LogP contribution in [0.3, 0.4) is 0 Å². The number of nitrogens with zero attached hydrogens (tertiary/aromatic N) is 1. The largest absolute Gasteiger partial charge is 0.477 e. The molecule has 10 heteroatoms. The Bertz CT molecular complexity index is 1340. The maximum absolute atomic E-state index is 13.5. The van der Waals surface area contributed by atoms with Crippen molar-refractivity contribution in [1.82, 2.24) is 5.32 Å². The summed E-state index contributed by atoms with van der Waals surface area (Å²) in [5.74, 6) is -6.66. The fraction of sp³-hybridized carbons (Fsp3) is 0.300. The number of urea groups is 1. The zero-order valence-corrected chi connectivity index (χ0v) is 23.9. The summed E-state index contributed by atoms with van der Waals surface area (Å²) < 4.78 is 27.6. The van der Waals surface area contributed by atoms with Crippen LogP contribution in [-0.4, -0.2) is 35.5 Å². The summed E-state index contributed by atoms with van der Waals surface area (Å²) in [5.41, 5.74) is 3.44. The van der Waals surface area contributed by atoms with Crippen molar-refractivity contribution in [3.05, 3.63) is 93.1 Å². The first-order chi connectivity index (χ1) is 19.1. The lowest BCUT2D eigenvalue weighted by atomic mass is 9.84. The number of halogens is 3. The lowest BCUT2D eigenvalue weighted by molar-refractivity contribution is -0.163. The SMILES string of the molecule is O=C(NCC(F)(F)C(=O)O)c1ccc(CN(C(=O)Nc2cccc(I)c2)c2ccc(C3CCCCC3)cc2)cc1. The van der Waals surface area contributed by atoms with Gasteiger partial charge in [-0.05, 0) is 94.9 Å². The van der Waals surface area contributed by atoms with Gasteiger partial charge < -0.3 is 15.7 Å². The maximum Gasteiger partial charge on any atom is 0.376 e. The molecule has 0 aliphatic heterocycles. The highest BCUT2D eigenvalue weighted by Gasteiger charge is 2.39. The number of amides is 3. The minimum Gasteiger partial charge on any atom is -0.477 e. The average Bonchev–Trinajstić information content (AvgIpc) is 2.95. The van der Waals surface area contributed by atoms with Crippen LogP contribution in [0.5, 0.6) is 0 Å². The molecule has 40 heavy (non-hydrogen) atoms. The van der Waals surface area contributed by atoms with Crippen LogP contribution >= 0.6 is 22.6 Å². The number of anilines is 2. The van der Waals surface area contributed by atoms with Crippen molar-refractivity contribution in [2.75, 3.05) is 16.8 Å². The lowest BCUT2D eigenvalue weighted by Gasteiger charge is -2.26. The molecule has 0 bridgehead atoms. The van der Waals surface area contributed by atoms with Gasteiger partial charge in [-0.2, -0.15) is 8.78 Å². The Hall–Kier alpha value is -3.54. The Labute approximate surface area is 245 Å². The van der Waals surface area contributed by atoms with Crippen molar-refractivity contribution in [3.63, 3.8) is 0 Å². The van der Waals surface area contributed by atoms with Gasteiger partial charge >= 0.3 is 17.9 Å². The molecule has 0 radical (unpaired) electrons. The molecule has 3 aromatic rings. The second kappa shape index (κ2) is 13.2. The van der Waals surface area contributed by atoms with E-state index in [2.05, 4.69) is 40.0 Å². The molecule has 3 aromatic carbocycles. The number of aliphatic carboxylic acids is 1. The predicted molar refractivity (Wildman–Crippen MR) is 158 cm³/mol. The standard InChI is InChI=1S/C30H30F2IN3O4/c31-30(32,28(38)39)19-34-27(37)23-11-9-20(10-12-23)18-36(29(40)35-25-8-4-7-24(33)17-25)26-15-13-22(14-16-26)21-5-2-1-3-6-21/h4,7-17,21H,1-3,5-6,18-19H2,(H,34,37)(H,35,40)(H,38,39). The van der Waals surface area contributed by atoms with Gasteiger partial charge in [-0.25, -0.2) is 9.59 Å². The summed E-state index contributed by atoms with van der Waals surface area (Å²) >= 11 is 2.18. The Morgan fingerprint density at radius 3 is 2.25 bits per heavy atom. The lowest BCUT2D eigenvalue weighted by Crippen LogP contribution is -2.42. The van der Waals surface area contributed by atoms with Crippen LogP contribution in [0.4, 0.5) is 25.0 Å². The number of carbonyl (C=O) groups excluding carboxylic acids is 2. The van der Waals surface area contributed by atoms with Gasteiger partial charge in [0.25, 0.3) is 5.91 Å². The fourth-order valence-electron chi connectivity index (χ4n) is 4.71. The van der Waals surface area contributed by atoms with Gasteiger partial charge in [-0.1, -0.05) is 49.6 Å². The summed E-state index contributed by atoms with van der Waals surface area (Å²) in [6.45, 7) is -1.12. The molecule has 210 valence electrons. The quantitative estimate of drug-likeness (QED) is 0.215. The number of carbonyl (C=O) groups is 3. The summed E-state index contributed by atoms with van der Waals surface area (Å²) in [4.78, 5) is 37.9. The molecule has 0 aromatic heterocycles. The van der Waals surface area contributed by atoms with Crippen LogP contribution in [0.2, 0.25) is 0 Å². The number of hydrogen-bond acceptors (Lipinski definition) is 3. The van der Waals surface area contributed by atoms with Crippen molar-refractivity contribution in [2.24, 2.45) is 0 Å². The highest BCUT2D eigenvalue weighted by Crippen LogP contribution is 2.33. The molecular weight excluding hydrogens is 631 g/mol. The van der Waals surface area contributed by atoms with Crippen molar-refractivity contribution < 1.29 is 28.3 Å². The highest BCUT2D eigenvalue weighted by atomic mass is 127. The van der Waals surface area contributed by atoms with Gasteiger partial charge in [-0.3, -0.25) is 9.69 Å². The first kappa shape index (κ1) is 29.4. The van der Waals surface area contributed by atoms with Crippen LogP contribution in [0.15, 0.2) is 72.8 Å². The third-order valence-corrected chi connectivity index (χ3v) is 7.61. The van der Waals surface area contributed by atoms with Crippen molar-refractivity contribution in [3.8, 4) is 0 Å². The van der Waals surface area contributed by atoms with Crippen molar-refractivity contribution >= 4 is 51.9 Å². The monoisotopic (exact) mass is 661 g/mol. The molecule has 0 heterocycles. The van der Waals surface area contributed by atoms with Gasteiger partial charge in [0.2, 0.25) is 0 Å². The van der Waals surface area contributed by atoms with Gasteiger partial charge in [0.1, 0.15) is 0 Å². The number of benzene rings is 3. The zero-order valence-electron chi connectivity index (χ0n) is 21.7. The van der Waals surface area contributed by atoms with E-state index in [0.29, 0.717) is 22.9 Å². The molecular formula is C30H30F2IN3O4. The molecule has 0 unspecified atom stereocenters. The summed E-state index contributed by atoms with van der Waals surface area (Å²) in [7, 11) is 0. The van der Waals surface area contributed by atoms with Crippen LogP contribution in [0.25, 0.3) is 0 Å². The number of hydrogen-bond donors (Lipinski definition) is 3. The highest BCUT2D eigenvalue weighted by molar-refractivity contribution is 14.1. The Morgan fingerprint density at radius 2 is 1.62 bits per heavy atom.